The monoisotopic (exact) mass is 277 g/mol. The van der Waals surface area contributed by atoms with Crippen LogP contribution in [0, 0.1) is 0 Å². The first-order chi connectivity index (χ1) is 9.18. The summed E-state index contributed by atoms with van der Waals surface area (Å²) >= 11 is 0. The van der Waals surface area contributed by atoms with Crippen LogP contribution in [-0.2, 0) is 23.0 Å². The second kappa shape index (κ2) is 4.79. The van der Waals surface area contributed by atoms with Gasteiger partial charge in [0.05, 0.1) is 6.20 Å². The lowest BCUT2D eigenvalue weighted by atomic mass is 10.0. The third-order valence-corrected chi connectivity index (χ3v) is 5.19. The van der Waals surface area contributed by atoms with Crippen LogP contribution in [-0.4, -0.2) is 29.5 Å². The van der Waals surface area contributed by atoms with Gasteiger partial charge in [-0.05, 0) is 30.0 Å². The fourth-order valence-corrected chi connectivity index (χ4v) is 3.76. The predicted molar refractivity (Wildman–Crippen MR) is 70.9 cm³/mol. The van der Waals surface area contributed by atoms with Gasteiger partial charge >= 0.3 is 0 Å². The minimum absolute atomic E-state index is 0.159. The summed E-state index contributed by atoms with van der Waals surface area (Å²) in [7, 11) is -3.47. The van der Waals surface area contributed by atoms with Crippen molar-refractivity contribution in [3.63, 3.8) is 0 Å². The van der Waals surface area contributed by atoms with Crippen molar-refractivity contribution in [3.05, 3.63) is 47.7 Å². The number of aryl methyl sites for hydroxylation is 1. The van der Waals surface area contributed by atoms with E-state index in [1.165, 1.54) is 22.1 Å². The normalized spacial score (nSPS) is 16.8. The molecule has 0 fully saturated rings. The molecule has 1 aliphatic heterocycles. The van der Waals surface area contributed by atoms with Crippen molar-refractivity contribution >= 4 is 10.0 Å². The maximum Gasteiger partial charge on any atom is 0.260 e. The smallest absolute Gasteiger partial charge is 0.260 e. The number of aromatic amines is 1. The lowest BCUT2D eigenvalue weighted by Crippen LogP contribution is -2.31. The molecule has 0 bridgehead atoms. The average Bonchev–Trinajstić information content (AvgIpc) is 2.85. The van der Waals surface area contributed by atoms with Crippen LogP contribution in [0.5, 0.6) is 0 Å². The summed E-state index contributed by atoms with van der Waals surface area (Å²) in [4.78, 5) is 0. The molecular formula is C13H15N3O2S. The second-order valence-electron chi connectivity index (χ2n) is 4.63. The quantitative estimate of drug-likeness (QED) is 0.905. The number of nitrogens with one attached hydrogen (secondary N) is 1. The van der Waals surface area contributed by atoms with Gasteiger partial charge in [-0.25, -0.2) is 8.42 Å². The number of hydrogen-bond acceptors (Lipinski definition) is 3. The Balaban J connectivity index is 1.95. The Morgan fingerprint density at radius 3 is 2.68 bits per heavy atom. The van der Waals surface area contributed by atoms with E-state index in [1.54, 1.807) is 0 Å². The number of rotatable bonds is 2. The van der Waals surface area contributed by atoms with Gasteiger partial charge in [0.2, 0.25) is 0 Å². The summed E-state index contributed by atoms with van der Waals surface area (Å²) in [5.74, 6) is 0. The summed E-state index contributed by atoms with van der Waals surface area (Å²) in [6, 6.07) is 9.51. The van der Waals surface area contributed by atoms with E-state index >= 15 is 0 Å². The number of sulfonamides is 1. The number of fused-ring (bicyclic) bond motifs is 1. The standard InChI is InChI=1S/C13H15N3O2S/c17-19(18,13-7-8-14-15-13)16-9-3-6-11-4-1-2-5-12(11)10-16/h1-2,4-5,7-8H,3,6,9-10H2,(H,14,15). The lowest BCUT2D eigenvalue weighted by molar-refractivity contribution is 0.408. The molecule has 1 aromatic carbocycles. The highest BCUT2D eigenvalue weighted by molar-refractivity contribution is 7.89. The first kappa shape index (κ1) is 12.4. The van der Waals surface area contributed by atoms with Crippen molar-refractivity contribution in [2.75, 3.05) is 6.54 Å². The van der Waals surface area contributed by atoms with Crippen LogP contribution >= 0.6 is 0 Å². The minimum atomic E-state index is -3.47. The van der Waals surface area contributed by atoms with Crippen LogP contribution in [0.2, 0.25) is 0 Å². The van der Waals surface area contributed by atoms with E-state index in [1.807, 2.05) is 18.2 Å². The molecule has 100 valence electrons. The molecule has 0 spiro atoms. The molecule has 1 aliphatic rings. The Bertz CT molecular complexity index is 665. The SMILES string of the molecule is O=S(=O)(c1ccn[nH]1)N1CCCc2ccccc2C1. The highest BCUT2D eigenvalue weighted by Gasteiger charge is 2.27. The van der Waals surface area contributed by atoms with Crippen molar-refractivity contribution in [2.45, 2.75) is 24.4 Å². The molecule has 3 rings (SSSR count). The van der Waals surface area contributed by atoms with E-state index in [-0.39, 0.29) is 5.03 Å². The molecular weight excluding hydrogens is 262 g/mol. The van der Waals surface area contributed by atoms with Gasteiger partial charge in [-0.2, -0.15) is 9.40 Å². The Labute approximate surface area is 112 Å². The zero-order chi connectivity index (χ0) is 13.3. The molecule has 0 radical (unpaired) electrons. The Morgan fingerprint density at radius 1 is 1.16 bits per heavy atom. The average molecular weight is 277 g/mol. The maximum atomic E-state index is 12.5. The number of aromatic nitrogens is 2. The lowest BCUT2D eigenvalue weighted by Gasteiger charge is -2.19. The summed E-state index contributed by atoms with van der Waals surface area (Å²) in [5, 5.41) is 6.42. The zero-order valence-corrected chi connectivity index (χ0v) is 11.2. The molecule has 19 heavy (non-hydrogen) atoms. The number of H-pyrrole nitrogens is 1. The van der Waals surface area contributed by atoms with Gasteiger partial charge in [-0.15, -0.1) is 0 Å². The van der Waals surface area contributed by atoms with Gasteiger partial charge < -0.3 is 0 Å². The number of hydrogen-bond donors (Lipinski definition) is 1. The van der Waals surface area contributed by atoms with Crippen LogP contribution in [0.15, 0.2) is 41.6 Å². The third-order valence-electron chi connectivity index (χ3n) is 3.41. The first-order valence-corrected chi connectivity index (χ1v) is 7.68. The molecule has 2 heterocycles. The van der Waals surface area contributed by atoms with Crippen LogP contribution in [0.25, 0.3) is 0 Å². The largest absolute Gasteiger partial charge is 0.266 e. The van der Waals surface area contributed by atoms with E-state index in [0.29, 0.717) is 13.1 Å². The maximum absolute atomic E-state index is 12.5. The fourth-order valence-electron chi connectivity index (χ4n) is 2.40. The van der Waals surface area contributed by atoms with Gasteiger partial charge in [0.25, 0.3) is 10.0 Å². The van der Waals surface area contributed by atoms with Gasteiger partial charge in [0.15, 0.2) is 5.03 Å². The molecule has 6 heteroatoms. The fraction of sp³-hybridized carbons (Fsp3) is 0.308. The molecule has 1 N–H and O–H groups in total. The van der Waals surface area contributed by atoms with Crippen molar-refractivity contribution in [1.29, 1.82) is 0 Å². The van der Waals surface area contributed by atoms with E-state index in [2.05, 4.69) is 16.3 Å². The molecule has 0 unspecified atom stereocenters. The molecule has 0 saturated carbocycles. The van der Waals surface area contributed by atoms with E-state index < -0.39 is 10.0 Å². The highest BCUT2D eigenvalue weighted by atomic mass is 32.2. The van der Waals surface area contributed by atoms with Crippen molar-refractivity contribution in [3.8, 4) is 0 Å². The Morgan fingerprint density at radius 2 is 1.95 bits per heavy atom. The van der Waals surface area contributed by atoms with Gasteiger partial charge in [-0.3, -0.25) is 5.10 Å². The second-order valence-corrected chi connectivity index (χ2v) is 6.54. The third kappa shape index (κ3) is 2.29. The van der Waals surface area contributed by atoms with Crippen LogP contribution in [0.1, 0.15) is 17.5 Å². The highest BCUT2D eigenvalue weighted by Crippen LogP contribution is 2.23. The molecule has 0 atom stereocenters. The van der Waals surface area contributed by atoms with E-state index in [9.17, 15) is 8.42 Å². The summed E-state index contributed by atoms with van der Waals surface area (Å²) in [6.45, 7) is 0.966. The molecule has 0 amide bonds. The zero-order valence-electron chi connectivity index (χ0n) is 10.4. The first-order valence-electron chi connectivity index (χ1n) is 6.24. The molecule has 0 aliphatic carbocycles. The Hall–Kier alpha value is -1.66. The van der Waals surface area contributed by atoms with Crippen molar-refractivity contribution in [2.24, 2.45) is 0 Å². The van der Waals surface area contributed by atoms with E-state index in [4.69, 9.17) is 0 Å². The van der Waals surface area contributed by atoms with Crippen LogP contribution in [0.4, 0.5) is 0 Å². The molecule has 1 aromatic heterocycles. The summed E-state index contributed by atoms with van der Waals surface area (Å²) < 4.78 is 26.5. The van der Waals surface area contributed by atoms with E-state index in [0.717, 1.165) is 18.4 Å². The Kier molecular flexibility index (Phi) is 3.12. The van der Waals surface area contributed by atoms with Gasteiger partial charge in [0, 0.05) is 13.1 Å². The van der Waals surface area contributed by atoms with Crippen molar-refractivity contribution in [1.82, 2.24) is 14.5 Å². The predicted octanol–water partition coefficient (Wildman–Crippen LogP) is 1.55. The van der Waals surface area contributed by atoms with Crippen LogP contribution in [0.3, 0.4) is 0 Å². The van der Waals surface area contributed by atoms with Gasteiger partial charge in [-0.1, -0.05) is 24.3 Å². The molecule has 2 aromatic rings. The topological polar surface area (TPSA) is 66.1 Å². The number of nitrogens with zero attached hydrogens (tertiary/aromatic N) is 2. The summed E-state index contributed by atoms with van der Waals surface area (Å²) in [6.07, 6.45) is 3.22. The minimum Gasteiger partial charge on any atom is -0.266 e. The van der Waals surface area contributed by atoms with Crippen LogP contribution < -0.4 is 0 Å². The molecule has 0 saturated heterocycles. The van der Waals surface area contributed by atoms with Gasteiger partial charge in [0.1, 0.15) is 0 Å². The summed E-state index contributed by atoms with van der Waals surface area (Å²) in [5.41, 5.74) is 2.33. The number of benzene rings is 1. The van der Waals surface area contributed by atoms with Crippen molar-refractivity contribution < 1.29 is 8.42 Å². The molecule has 5 nitrogen and oxygen atoms in total.